The van der Waals surface area contributed by atoms with Gasteiger partial charge in [-0.3, -0.25) is 0 Å². The van der Waals surface area contributed by atoms with E-state index in [1.807, 2.05) is 37.3 Å². The van der Waals surface area contributed by atoms with Crippen LogP contribution in [-0.4, -0.2) is 5.11 Å². The summed E-state index contributed by atoms with van der Waals surface area (Å²) in [5.41, 5.74) is 2.87. The van der Waals surface area contributed by atoms with Crippen molar-refractivity contribution in [2.75, 3.05) is 5.32 Å². The van der Waals surface area contributed by atoms with Gasteiger partial charge in [0.05, 0.1) is 10.7 Å². The van der Waals surface area contributed by atoms with Crippen molar-refractivity contribution in [3.8, 4) is 5.75 Å². The minimum Gasteiger partial charge on any atom is -0.508 e. The molecule has 0 amide bonds. The molecule has 0 spiro atoms. The maximum absolute atomic E-state index is 9.76. The summed E-state index contributed by atoms with van der Waals surface area (Å²) in [5.74, 6) is 0.301. The summed E-state index contributed by atoms with van der Waals surface area (Å²) in [6.07, 6.45) is 0. The lowest BCUT2D eigenvalue weighted by atomic mass is 10.1. The van der Waals surface area contributed by atoms with Crippen LogP contribution in [-0.2, 0) is 6.54 Å². The number of rotatable bonds is 3. The molecule has 94 valence electrons. The van der Waals surface area contributed by atoms with Crippen LogP contribution in [0.2, 0.25) is 5.02 Å². The zero-order chi connectivity index (χ0) is 13.1. The Labute approximate surface area is 125 Å². The van der Waals surface area contributed by atoms with Crippen LogP contribution in [0.4, 0.5) is 5.69 Å². The van der Waals surface area contributed by atoms with E-state index in [9.17, 15) is 5.11 Å². The van der Waals surface area contributed by atoms with Crippen molar-refractivity contribution in [3.63, 3.8) is 0 Å². The van der Waals surface area contributed by atoms with Gasteiger partial charge in [-0.15, -0.1) is 0 Å². The van der Waals surface area contributed by atoms with Crippen LogP contribution in [0.3, 0.4) is 0 Å². The van der Waals surface area contributed by atoms with E-state index in [4.69, 9.17) is 11.6 Å². The number of phenols is 1. The molecule has 2 N–H and O–H groups in total. The van der Waals surface area contributed by atoms with Crippen LogP contribution in [0.5, 0.6) is 5.75 Å². The second kappa shape index (κ2) is 5.80. The summed E-state index contributed by atoms with van der Waals surface area (Å²) in [7, 11) is 0. The van der Waals surface area contributed by atoms with Crippen molar-refractivity contribution >= 4 is 39.9 Å². The number of halogens is 2. The van der Waals surface area contributed by atoms with Crippen LogP contribution >= 0.6 is 34.2 Å². The molecule has 18 heavy (non-hydrogen) atoms. The highest BCUT2D eigenvalue weighted by Crippen LogP contribution is 2.26. The number of aromatic hydroxyl groups is 1. The third-order valence-electron chi connectivity index (χ3n) is 2.63. The molecule has 0 atom stereocenters. The largest absolute Gasteiger partial charge is 0.508 e. The Morgan fingerprint density at radius 2 is 2.00 bits per heavy atom. The molecule has 0 saturated carbocycles. The van der Waals surface area contributed by atoms with Crippen LogP contribution in [0.1, 0.15) is 11.1 Å². The predicted octanol–water partition coefficient (Wildman–Crippen LogP) is 4.57. The van der Waals surface area contributed by atoms with Gasteiger partial charge in [0.15, 0.2) is 0 Å². The van der Waals surface area contributed by atoms with Crippen molar-refractivity contribution in [2.45, 2.75) is 13.5 Å². The zero-order valence-electron chi connectivity index (χ0n) is 9.87. The van der Waals surface area contributed by atoms with Crippen molar-refractivity contribution in [1.29, 1.82) is 0 Å². The monoisotopic (exact) mass is 373 g/mol. The first-order valence-corrected chi connectivity index (χ1v) is 6.99. The van der Waals surface area contributed by atoms with Gasteiger partial charge in [0.25, 0.3) is 0 Å². The molecular weight excluding hydrogens is 361 g/mol. The number of hydrogen-bond acceptors (Lipinski definition) is 2. The maximum atomic E-state index is 9.76. The number of anilines is 1. The van der Waals surface area contributed by atoms with Crippen LogP contribution in [0, 0.1) is 10.5 Å². The Bertz CT molecular complexity index is 520. The van der Waals surface area contributed by atoms with E-state index in [0.29, 0.717) is 17.3 Å². The minimum atomic E-state index is 0.301. The molecule has 0 aliphatic heterocycles. The Kier molecular flexibility index (Phi) is 4.35. The van der Waals surface area contributed by atoms with Gasteiger partial charge in [-0.1, -0.05) is 29.3 Å². The first-order valence-electron chi connectivity index (χ1n) is 5.53. The Morgan fingerprint density at radius 1 is 1.22 bits per heavy atom. The second-order valence-corrected chi connectivity index (χ2v) is 5.76. The molecule has 0 heterocycles. The molecule has 0 aliphatic rings. The average Bonchev–Trinajstić information content (AvgIpc) is 2.34. The maximum Gasteiger partial charge on any atom is 0.120 e. The van der Waals surface area contributed by atoms with E-state index in [-0.39, 0.29) is 0 Å². The topological polar surface area (TPSA) is 32.3 Å². The SMILES string of the molecule is Cc1ccc(O)c(CNc2cc(I)ccc2Cl)c1. The fraction of sp³-hybridized carbons (Fsp3) is 0.143. The molecule has 2 aromatic rings. The van der Waals surface area contributed by atoms with E-state index in [2.05, 4.69) is 27.9 Å². The lowest BCUT2D eigenvalue weighted by Gasteiger charge is -2.10. The standard InChI is InChI=1S/C14H13ClINO/c1-9-2-5-14(18)10(6-9)8-17-13-7-11(16)3-4-12(13)15/h2-7,17-18H,8H2,1H3. The van der Waals surface area contributed by atoms with Crippen molar-refractivity contribution in [2.24, 2.45) is 0 Å². The van der Waals surface area contributed by atoms with Gasteiger partial charge >= 0.3 is 0 Å². The average molecular weight is 374 g/mol. The van der Waals surface area contributed by atoms with Crippen molar-refractivity contribution < 1.29 is 5.11 Å². The van der Waals surface area contributed by atoms with Crippen LogP contribution in [0.15, 0.2) is 36.4 Å². The minimum absolute atomic E-state index is 0.301. The van der Waals surface area contributed by atoms with E-state index < -0.39 is 0 Å². The molecule has 2 aromatic carbocycles. The molecule has 0 radical (unpaired) electrons. The molecule has 0 fully saturated rings. The van der Waals surface area contributed by atoms with Gasteiger partial charge in [0, 0.05) is 15.7 Å². The third kappa shape index (κ3) is 3.29. The molecule has 4 heteroatoms. The molecule has 2 nitrogen and oxygen atoms in total. The first-order chi connectivity index (χ1) is 8.56. The van der Waals surface area contributed by atoms with Gasteiger partial charge < -0.3 is 10.4 Å². The second-order valence-electron chi connectivity index (χ2n) is 4.11. The number of phenolic OH excluding ortho intramolecular Hbond substituents is 1. The summed E-state index contributed by atoms with van der Waals surface area (Å²) in [5, 5.41) is 13.7. The summed E-state index contributed by atoms with van der Waals surface area (Å²) < 4.78 is 1.12. The lowest BCUT2D eigenvalue weighted by Crippen LogP contribution is -2.01. The van der Waals surface area contributed by atoms with E-state index in [1.54, 1.807) is 6.07 Å². The molecule has 0 saturated heterocycles. The van der Waals surface area contributed by atoms with Gasteiger partial charge in [0.1, 0.15) is 5.75 Å². The van der Waals surface area contributed by atoms with Crippen LogP contribution in [0.25, 0.3) is 0 Å². The molecule has 0 unspecified atom stereocenters. The van der Waals surface area contributed by atoms with Crippen molar-refractivity contribution in [3.05, 3.63) is 56.1 Å². The predicted molar refractivity (Wildman–Crippen MR) is 84.3 cm³/mol. The fourth-order valence-corrected chi connectivity index (χ4v) is 2.35. The quantitative estimate of drug-likeness (QED) is 0.773. The normalized spacial score (nSPS) is 10.4. The summed E-state index contributed by atoms with van der Waals surface area (Å²) in [6.45, 7) is 2.55. The number of nitrogens with one attached hydrogen (secondary N) is 1. The van der Waals surface area contributed by atoms with Gasteiger partial charge in [-0.05, 0) is 53.8 Å². The highest BCUT2D eigenvalue weighted by molar-refractivity contribution is 14.1. The molecular formula is C14H13ClINO. The van der Waals surface area contributed by atoms with Crippen molar-refractivity contribution in [1.82, 2.24) is 0 Å². The Hall–Kier alpha value is -0.940. The Balaban J connectivity index is 2.16. The number of hydrogen-bond donors (Lipinski definition) is 2. The summed E-state index contributed by atoms with van der Waals surface area (Å²) in [4.78, 5) is 0. The van der Waals surface area contributed by atoms with Gasteiger partial charge in [0.2, 0.25) is 0 Å². The first kappa shape index (κ1) is 13.5. The van der Waals surface area contributed by atoms with E-state index in [1.165, 1.54) is 0 Å². The Morgan fingerprint density at radius 3 is 2.78 bits per heavy atom. The highest BCUT2D eigenvalue weighted by Gasteiger charge is 2.04. The lowest BCUT2D eigenvalue weighted by molar-refractivity contribution is 0.469. The molecule has 0 aromatic heterocycles. The number of aryl methyl sites for hydroxylation is 1. The molecule has 0 bridgehead atoms. The van der Waals surface area contributed by atoms with E-state index in [0.717, 1.165) is 20.4 Å². The summed E-state index contributed by atoms with van der Waals surface area (Å²) >= 11 is 8.35. The van der Waals surface area contributed by atoms with Gasteiger partial charge in [-0.2, -0.15) is 0 Å². The molecule has 0 aliphatic carbocycles. The third-order valence-corrected chi connectivity index (χ3v) is 3.63. The van der Waals surface area contributed by atoms with E-state index >= 15 is 0 Å². The summed E-state index contributed by atoms with van der Waals surface area (Å²) in [6, 6.07) is 11.4. The zero-order valence-corrected chi connectivity index (χ0v) is 12.8. The van der Waals surface area contributed by atoms with Crippen LogP contribution < -0.4 is 5.32 Å². The van der Waals surface area contributed by atoms with Gasteiger partial charge in [-0.25, -0.2) is 0 Å². The number of benzene rings is 2. The molecule has 2 rings (SSSR count). The highest BCUT2D eigenvalue weighted by atomic mass is 127. The fourth-order valence-electron chi connectivity index (χ4n) is 1.68. The smallest absolute Gasteiger partial charge is 0.120 e.